The zero-order valence-corrected chi connectivity index (χ0v) is 13.5. The number of allylic oxidation sites excluding steroid dienone is 1. The third-order valence-corrected chi connectivity index (χ3v) is 4.64. The fourth-order valence-electron chi connectivity index (χ4n) is 3.41. The Bertz CT molecular complexity index is 783. The van der Waals surface area contributed by atoms with Crippen LogP contribution in [-0.4, -0.2) is 23.5 Å². The van der Waals surface area contributed by atoms with Crippen LogP contribution in [0.5, 0.6) is 5.75 Å². The molecule has 1 aliphatic carbocycles. The van der Waals surface area contributed by atoms with Crippen LogP contribution in [0.1, 0.15) is 24.8 Å². The van der Waals surface area contributed by atoms with Gasteiger partial charge in [0.2, 0.25) is 5.91 Å². The average molecular weight is 320 g/mol. The molecule has 2 aliphatic rings. The zero-order valence-electron chi connectivity index (χ0n) is 13.5. The monoisotopic (exact) mass is 320 g/mol. The molecule has 0 bridgehead atoms. The minimum atomic E-state index is -0.00561. The average Bonchev–Trinajstić information content (AvgIpc) is 3.29. The van der Waals surface area contributed by atoms with E-state index >= 15 is 0 Å². The summed E-state index contributed by atoms with van der Waals surface area (Å²) < 4.78 is 6.15. The van der Waals surface area contributed by atoms with Gasteiger partial charge in [0.25, 0.3) is 0 Å². The SMILES string of the molecule is O=C(NC[C@H]1Cc2cccc(-c3ccncc3)c2O1)C1=CCCC1. The Morgan fingerprint density at radius 3 is 2.92 bits per heavy atom. The van der Waals surface area contributed by atoms with E-state index in [-0.39, 0.29) is 12.0 Å². The zero-order chi connectivity index (χ0) is 16.4. The van der Waals surface area contributed by atoms with Crippen LogP contribution in [0.4, 0.5) is 0 Å². The number of pyridine rings is 1. The smallest absolute Gasteiger partial charge is 0.247 e. The predicted octanol–water partition coefficient (Wildman–Crippen LogP) is 3.28. The minimum Gasteiger partial charge on any atom is -0.487 e. The van der Waals surface area contributed by atoms with Crippen LogP contribution in [0.15, 0.2) is 54.4 Å². The fourth-order valence-corrected chi connectivity index (χ4v) is 3.41. The summed E-state index contributed by atoms with van der Waals surface area (Å²) in [6, 6.07) is 10.2. The number of hydrogen-bond acceptors (Lipinski definition) is 3. The molecule has 4 rings (SSSR count). The van der Waals surface area contributed by atoms with E-state index in [1.807, 2.05) is 18.2 Å². The van der Waals surface area contributed by atoms with Crippen LogP contribution < -0.4 is 10.1 Å². The highest BCUT2D eigenvalue weighted by molar-refractivity contribution is 5.93. The Balaban J connectivity index is 1.45. The first-order valence-electron chi connectivity index (χ1n) is 8.47. The molecule has 1 atom stereocenters. The van der Waals surface area contributed by atoms with E-state index in [2.05, 4.69) is 28.5 Å². The van der Waals surface area contributed by atoms with Gasteiger partial charge in [0, 0.05) is 30.0 Å². The number of hydrogen-bond donors (Lipinski definition) is 1. The minimum absolute atomic E-state index is 0.00561. The number of carbonyl (C=O) groups is 1. The molecule has 0 saturated carbocycles. The Kier molecular flexibility index (Phi) is 4.03. The molecule has 24 heavy (non-hydrogen) atoms. The molecule has 0 saturated heterocycles. The largest absolute Gasteiger partial charge is 0.487 e. The molecule has 2 heterocycles. The van der Waals surface area contributed by atoms with Crippen molar-refractivity contribution in [3.63, 3.8) is 0 Å². The molecule has 4 heteroatoms. The number of amides is 1. The summed E-state index contributed by atoms with van der Waals surface area (Å²) in [4.78, 5) is 16.2. The summed E-state index contributed by atoms with van der Waals surface area (Å²) in [5.74, 6) is 0.990. The van der Waals surface area contributed by atoms with Crippen molar-refractivity contribution in [3.05, 3.63) is 59.9 Å². The number of fused-ring (bicyclic) bond motifs is 1. The van der Waals surface area contributed by atoms with E-state index in [0.717, 1.165) is 48.1 Å². The molecule has 1 aliphatic heterocycles. The van der Waals surface area contributed by atoms with Crippen LogP contribution in [0.2, 0.25) is 0 Å². The van der Waals surface area contributed by atoms with Gasteiger partial charge in [0.1, 0.15) is 11.9 Å². The van der Waals surface area contributed by atoms with Gasteiger partial charge in [-0.2, -0.15) is 0 Å². The Morgan fingerprint density at radius 1 is 1.25 bits per heavy atom. The van der Waals surface area contributed by atoms with Gasteiger partial charge in [-0.3, -0.25) is 9.78 Å². The summed E-state index contributed by atoms with van der Waals surface area (Å²) in [7, 11) is 0. The molecule has 0 spiro atoms. The molecule has 2 aromatic rings. The van der Waals surface area contributed by atoms with Crippen molar-refractivity contribution < 1.29 is 9.53 Å². The van der Waals surface area contributed by atoms with E-state index < -0.39 is 0 Å². The van der Waals surface area contributed by atoms with Crippen LogP contribution in [0.25, 0.3) is 11.1 Å². The number of nitrogens with zero attached hydrogens (tertiary/aromatic N) is 1. The second kappa shape index (κ2) is 6.48. The van der Waals surface area contributed by atoms with Gasteiger partial charge in [-0.25, -0.2) is 0 Å². The summed E-state index contributed by atoms with van der Waals surface area (Å²) in [5.41, 5.74) is 4.30. The Morgan fingerprint density at radius 2 is 2.12 bits per heavy atom. The van der Waals surface area contributed by atoms with Crippen molar-refractivity contribution in [2.45, 2.75) is 31.8 Å². The van der Waals surface area contributed by atoms with E-state index in [1.165, 1.54) is 5.56 Å². The highest BCUT2D eigenvalue weighted by atomic mass is 16.5. The number of benzene rings is 1. The maximum absolute atomic E-state index is 12.1. The van der Waals surface area contributed by atoms with Crippen LogP contribution in [0, 0.1) is 0 Å². The second-order valence-corrected chi connectivity index (χ2v) is 6.31. The summed E-state index contributed by atoms with van der Waals surface area (Å²) in [6.45, 7) is 0.542. The fraction of sp³-hybridized carbons (Fsp3) is 0.300. The predicted molar refractivity (Wildman–Crippen MR) is 92.7 cm³/mol. The van der Waals surface area contributed by atoms with E-state index in [1.54, 1.807) is 12.4 Å². The first-order chi connectivity index (χ1) is 11.8. The lowest BCUT2D eigenvalue weighted by Crippen LogP contribution is -2.35. The molecule has 1 aromatic carbocycles. The molecule has 1 aromatic heterocycles. The van der Waals surface area contributed by atoms with Crippen LogP contribution >= 0.6 is 0 Å². The summed E-state index contributed by atoms with van der Waals surface area (Å²) >= 11 is 0. The van der Waals surface area contributed by atoms with Gasteiger partial charge in [0.15, 0.2) is 0 Å². The van der Waals surface area contributed by atoms with Crippen LogP contribution in [-0.2, 0) is 11.2 Å². The van der Waals surface area contributed by atoms with Crippen molar-refractivity contribution >= 4 is 5.91 Å². The molecule has 0 unspecified atom stereocenters. The maximum atomic E-state index is 12.1. The highest BCUT2D eigenvalue weighted by Crippen LogP contribution is 2.38. The van der Waals surface area contributed by atoms with Gasteiger partial charge < -0.3 is 10.1 Å². The third kappa shape index (κ3) is 2.92. The second-order valence-electron chi connectivity index (χ2n) is 6.31. The van der Waals surface area contributed by atoms with Crippen molar-refractivity contribution in [1.29, 1.82) is 0 Å². The molecular weight excluding hydrogens is 300 g/mol. The van der Waals surface area contributed by atoms with Crippen molar-refractivity contribution in [2.24, 2.45) is 0 Å². The first kappa shape index (κ1) is 14.9. The molecule has 4 nitrogen and oxygen atoms in total. The van der Waals surface area contributed by atoms with Crippen LogP contribution in [0.3, 0.4) is 0 Å². The van der Waals surface area contributed by atoms with Gasteiger partial charge >= 0.3 is 0 Å². The highest BCUT2D eigenvalue weighted by Gasteiger charge is 2.26. The standard InChI is InChI=1S/C20H20N2O2/c23-20(15-4-1-2-5-15)22-13-17-12-16-6-3-7-18(19(16)24-17)14-8-10-21-11-9-14/h3-4,6-11,17H,1-2,5,12-13H2,(H,22,23)/t17-/m1/s1. The Labute approximate surface area is 141 Å². The maximum Gasteiger partial charge on any atom is 0.247 e. The number of nitrogens with one attached hydrogen (secondary N) is 1. The first-order valence-corrected chi connectivity index (χ1v) is 8.47. The van der Waals surface area contributed by atoms with Crippen molar-refractivity contribution in [1.82, 2.24) is 10.3 Å². The lowest BCUT2D eigenvalue weighted by molar-refractivity contribution is -0.117. The van der Waals surface area contributed by atoms with E-state index in [9.17, 15) is 4.79 Å². The summed E-state index contributed by atoms with van der Waals surface area (Å²) in [6.07, 6.45) is 9.44. The lowest BCUT2D eigenvalue weighted by Gasteiger charge is -2.14. The number of rotatable bonds is 4. The molecule has 1 N–H and O–H groups in total. The molecular formula is C20H20N2O2. The van der Waals surface area contributed by atoms with E-state index in [4.69, 9.17) is 4.74 Å². The topological polar surface area (TPSA) is 51.2 Å². The quantitative estimate of drug-likeness (QED) is 0.940. The molecule has 1 amide bonds. The van der Waals surface area contributed by atoms with Gasteiger partial charge in [-0.15, -0.1) is 0 Å². The van der Waals surface area contributed by atoms with Crippen molar-refractivity contribution in [3.8, 4) is 16.9 Å². The summed E-state index contributed by atoms with van der Waals surface area (Å²) in [5, 5.41) is 3.02. The van der Waals surface area contributed by atoms with Gasteiger partial charge in [0.05, 0.1) is 6.54 Å². The van der Waals surface area contributed by atoms with Gasteiger partial charge in [-0.05, 0) is 42.5 Å². The third-order valence-electron chi connectivity index (χ3n) is 4.64. The van der Waals surface area contributed by atoms with Crippen molar-refractivity contribution in [2.75, 3.05) is 6.54 Å². The number of carbonyl (C=O) groups excluding carboxylic acids is 1. The molecule has 0 radical (unpaired) electrons. The number of ether oxygens (including phenoxy) is 1. The number of para-hydroxylation sites is 1. The molecule has 0 fully saturated rings. The van der Waals surface area contributed by atoms with Gasteiger partial charge in [-0.1, -0.05) is 24.3 Å². The normalized spacial score (nSPS) is 18.7. The molecule has 122 valence electrons. The number of aromatic nitrogens is 1. The lowest BCUT2D eigenvalue weighted by atomic mass is 10.0. The van der Waals surface area contributed by atoms with E-state index in [0.29, 0.717) is 6.54 Å². The Hall–Kier alpha value is -2.62.